The van der Waals surface area contributed by atoms with Crippen molar-refractivity contribution in [1.29, 1.82) is 0 Å². The molecule has 5 aromatic rings. The standard InChI is InChI=1S/C29H19N3O3/c1-32-22-15-14-20(31-17-9-3-2-4-10-17)24-25(22)23(18-11-5-6-12-19(18)27(24)33)26(29(32)35)28(34)21-13-7-8-16-30-21/h2-16,31H,1H3. The zero-order chi connectivity index (χ0) is 24.1. The first-order chi connectivity index (χ1) is 17.1. The van der Waals surface area contributed by atoms with Crippen LogP contribution < -0.4 is 10.9 Å². The Bertz CT molecular complexity index is 1720. The van der Waals surface area contributed by atoms with Gasteiger partial charge in [-0.2, -0.15) is 0 Å². The van der Waals surface area contributed by atoms with E-state index in [9.17, 15) is 14.4 Å². The van der Waals surface area contributed by atoms with Crippen LogP contribution >= 0.6 is 0 Å². The number of aromatic nitrogens is 2. The maximum absolute atomic E-state index is 13.8. The highest BCUT2D eigenvalue weighted by Crippen LogP contribution is 2.43. The quantitative estimate of drug-likeness (QED) is 0.372. The third kappa shape index (κ3) is 3.11. The van der Waals surface area contributed by atoms with Gasteiger partial charge in [-0.15, -0.1) is 0 Å². The topological polar surface area (TPSA) is 81.1 Å². The van der Waals surface area contributed by atoms with Gasteiger partial charge in [0.05, 0.1) is 22.3 Å². The number of hydrogen-bond acceptors (Lipinski definition) is 5. The van der Waals surface area contributed by atoms with E-state index in [0.717, 1.165) is 5.69 Å². The molecule has 0 aliphatic heterocycles. The van der Waals surface area contributed by atoms with Crippen molar-refractivity contribution in [1.82, 2.24) is 9.55 Å². The Labute approximate surface area is 200 Å². The van der Waals surface area contributed by atoms with E-state index in [0.29, 0.717) is 38.8 Å². The molecule has 6 nitrogen and oxygen atoms in total. The summed E-state index contributed by atoms with van der Waals surface area (Å²) < 4.78 is 1.44. The van der Waals surface area contributed by atoms with Crippen LogP contribution in [0.2, 0.25) is 0 Å². The van der Waals surface area contributed by atoms with E-state index >= 15 is 0 Å². The van der Waals surface area contributed by atoms with Crippen LogP contribution in [0.4, 0.5) is 11.4 Å². The summed E-state index contributed by atoms with van der Waals surface area (Å²) in [7, 11) is 1.62. The van der Waals surface area contributed by atoms with Crippen LogP contribution in [0.15, 0.2) is 95.9 Å². The van der Waals surface area contributed by atoms with Crippen LogP contribution in [0, 0.1) is 0 Å². The number of carbonyl (C=O) groups is 2. The fourth-order valence-electron chi connectivity index (χ4n) is 4.79. The minimum absolute atomic E-state index is 0.0109. The fraction of sp³-hybridized carbons (Fsp3) is 0.0345. The molecule has 0 saturated heterocycles. The first kappa shape index (κ1) is 20.7. The van der Waals surface area contributed by atoms with Crippen LogP contribution in [0.5, 0.6) is 0 Å². The second kappa shape index (κ2) is 7.88. The van der Waals surface area contributed by atoms with Gasteiger partial charge < -0.3 is 9.88 Å². The van der Waals surface area contributed by atoms with Gasteiger partial charge in [0.2, 0.25) is 5.78 Å². The highest BCUT2D eigenvalue weighted by Gasteiger charge is 2.34. The average Bonchev–Trinajstić information content (AvgIpc) is 2.90. The number of fused-ring (bicyclic) bond motifs is 2. The van der Waals surface area contributed by atoms with Crippen molar-refractivity contribution in [2.24, 2.45) is 7.05 Å². The van der Waals surface area contributed by atoms with Gasteiger partial charge in [-0.05, 0) is 42.0 Å². The zero-order valence-corrected chi connectivity index (χ0v) is 18.8. The third-order valence-electron chi connectivity index (χ3n) is 6.41. The number of benzene rings is 3. The summed E-state index contributed by atoms with van der Waals surface area (Å²) in [5.41, 5.74) is 3.71. The number of aryl methyl sites for hydroxylation is 1. The third-order valence-corrected chi connectivity index (χ3v) is 6.41. The summed E-state index contributed by atoms with van der Waals surface area (Å²) in [4.78, 5) is 45.3. The smallest absolute Gasteiger partial charge is 0.262 e. The van der Waals surface area contributed by atoms with Gasteiger partial charge in [-0.3, -0.25) is 19.4 Å². The summed E-state index contributed by atoms with van der Waals surface area (Å²) >= 11 is 0. The van der Waals surface area contributed by atoms with E-state index < -0.39 is 11.3 Å². The van der Waals surface area contributed by atoms with E-state index in [1.165, 1.54) is 10.8 Å². The molecule has 0 saturated carbocycles. The first-order valence-electron chi connectivity index (χ1n) is 11.2. The van der Waals surface area contributed by atoms with Crippen molar-refractivity contribution in [2.45, 2.75) is 0 Å². The lowest BCUT2D eigenvalue weighted by molar-refractivity contribution is 0.102. The van der Waals surface area contributed by atoms with Gasteiger partial charge in [0.1, 0.15) is 5.69 Å². The van der Waals surface area contributed by atoms with E-state index in [4.69, 9.17) is 0 Å². The Morgan fingerprint density at radius 1 is 0.800 bits per heavy atom. The molecule has 2 heterocycles. The number of nitrogens with zero attached hydrogens (tertiary/aromatic N) is 2. The lowest BCUT2D eigenvalue weighted by Gasteiger charge is -2.25. The molecule has 35 heavy (non-hydrogen) atoms. The van der Waals surface area contributed by atoms with Crippen molar-refractivity contribution in [3.63, 3.8) is 0 Å². The molecule has 3 aromatic carbocycles. The molecular weight excluding hydrogens is 438 g/mol. The van der Waals surface area contributed by atoms with Gasteiger partial charge in [-0.1, -0.05) is 48.5 Å². The molecule has 0 radical (unpaired) electrons. The van der Waals surface area contributed by atoms with Crippen LogP contribution in [-0.2, 0) is 7.05 Å². The summed E-state index contributed by atoms with van der Waals surface area (Å²) in [6.07, 6.45) is 1.52. The molecular formula is C29H19N3O3. The number of rotatable bonds is 4. The molecule has 0 unspecified atom stereocenters. The van der Waals surface area contributed by atoms with Gasteiger partial charge in [0.15, 0.2) is 5.78 Å². The lowest BCUT2D eigenvalue weighted by atomic mass is 9.80. The van der Waals surface area contributed by atoms with Crippen LogP contribution in [0.3, 0.4) is 0 Å². The Morgan fingerprint density at radius 2 is 1.51 bits per heavy atom. The van der Waals surface area contributed by atoms with Gasteiger partial charge in [0.25, 0.3) is 5.56 Å². The normalized spacial score (nSPS) is 11.9. The summed E-state index contributed by atoms with van der Waals surface area (Å²) in [5, 5.41) is 3.93. The molecule has 0 fully saturated rings. The molecule has 0 atom stereocenters. The maximum atomic E-state index is 13.8. The average molecular weight is 457 g/mol. The minimum Gasteiger partial charge on any atom is -0.355 e. The molecule has 1 aliphatic carbocycles. The second-order valence-corrected chi connectivity index (χ2v) is 8.41. The molecule has 168 valence electrons. The predicted octanol–water partition coefficient (Wildman–Crippen LogP) is 5.12. The number of anilines is 2. The maximum Gasteiger partial charge on any atom is 0.262 e. The van der Waals surface area contributed by atoms with Crippen LogP contribution in [-0.4, -0.2) is 21.1 Å². The number of nitrogens with one attached hydrogen (secondary N) is 1. The highest BCUT2D eigenvalue weighted by molar-refractivity contribution is 6.31. The van der Waals surface area contributed by atoms with Crippen molar-refractivity contribution >= 4 is 33.8 Å². The van der Waals surface area contributed by atoms with E-state index in [1.807, 2.05) is 42.5 Å². The Morgan fingerprint density at radius 3 is 2.26 bits per heavy atom. The number of pyridine rings is 2. The Kier molecular flexibility index (Phi) is 4.67. The van der Waals surface area contributed by atoms with Crippen LogP contribution in [0.25, 0.3) is 22.0 Å². The van der Waals surface area contributed by atoms with Crippen LogP contribution in [0.1, 0.15) is 32.0 Å². The van der Waals surface area contributed by atoms with Gasteiger partial charge in [0, 0.05) is 35.4 Å². The minimum atomic E-state index is -0.473. The van der Waals surface area contributed by atoms with Gasteiger partial charge in [-0.25, -0.2) is 0 Å². The summed E-state index contributed by atoms with van der Waals surface area (Å²) in [5.74, 6) is -0.633. The number of hydrogen-bond donors (Lipinski definition) is 1. The summed E-state index contributed by atoms with van der Waals surface area (Å²) in [6.45, 7) is 0. The molecule has 1 N–H and O–H groups in total. The molecule has 6 heteroatoms. The largest absolute Gasteiger partial charge is 0.355 e. The molecule has 0 spiro atoms. The number of ketones is 2. The fourth-order valence-corrected chi connectivity index (χ4v) is 4.79. The molecule has 6 rings (SSSR count). The van der Waals surface area contributed by atoms with Crippen molar-refractivity contribution in [3.05, 3.63) is 124 Å². The van der Waals surface area contributed by atoms with Crippen molar-refractivity contribution in [2.75, 3.05) is 5.32 Å². The number of para-hydroxylation sites is 1. The molecule has 2 aromatic heterocycles. The second-order valence-electron chi connectivity index (χ2n) is 8.41. The Hall–Kier alpha value is -4.84. The SMILES string of the molecule is Cn1c(=O)c(C(=O)c2ccccn2)c2c3c(c(Nc4ccccc4)ccc31)C(=O)c1ccccc1-2. The lowest BCUT2D eigenvalue weighted by Crippen LogP contribution is -2.29. The van der Waals surface area contributed by atoms with Crippen molar-refractivity contribution < 1.29 is 9.59 Å². The molecule has 0 amide bonds. The number of carbonyl (C=O) groups excluding carboxylic acids is 2. The van der Waals surface area contributed by atoms with Gasteiger partial charge >= 0.3 is 0 Å². The predicted molar refractivity (Wildman–Crippen MR) is 135 cm³/mol. The van der Waals surface area contributed by atoms with E-state index in [2.05, 4.69) is 10.3 Å². The highest BCUT2D eigenvalue weighted by atomic mass is 16.1. The Balaban J connectivity index is 1.75. The molecule has 0 bridgehead atoms. The summed E-state index contributed by atoms with van der Waals surface area (Å²) in [6, 6.07) is 25.3. The zero-order valence-electron chi connectivity index (χ0n) is 18.8. The van der Waals surface area contributed by atoms with Crippen molar-refractivity contribution in [3.8, 4) is 11.1 Å². The first-order valence-corrected chi connectivity index (χ1v) is 11.2. The molecule has 1 aliphatic rings. The van der Waals surface area contributed by atoms with E-state index in [-0.39, 0.29) is 17.0 Å². The van der Waals surface area contributed by atoms with E-state index in [1.54, 1.807) is 49.5 Å². The monoisotopic (exact) mass is 457 g/mol.